The highest BCUT2D eigenvalue weighted by molar-refractivity contribution is 8.00. The average Bonchev–Trinajstić information content (AvgIpc) is 2.66. The zero-order valence-electron chi connectivity index (χ0n) is 10.7. The van der Waals surface area contributed by atoms with Crippen molar-refractivity contribution in [1.82, 2.24) is 9.97 Å². The number of aromatic amines is 1. The number of carbonyl (C=O) groups is 2. The third-order valence-electron chi connectivity index (χ3n) is 2.69. The monoisotopic (exact) mass is 312 g/mol. The van der Waals surface area contributed by atoms with Crippen molar-refractivity contribution in [3.63, 3.8) is 0 Å². The third-order valence-corrected chi connectivity index (χ3v) is 4.89. The van der Waals surface area contributed by atoms with E-state index < -0.39 is 17.1 Å². The smallest absolute Gasteiger partial charge is 0.260 e. The molecule has 0 aromatic carbocycles. The van der Waals surface area contributed by atoms with E-state index in [1.807, 2.05) is 0 Å². The van der Waals surface area contributed by atoms with Gasteiger partial charge in [-0.15, -0.1) is 11.3 Å². The molecule has 0 radical (unpaired) electrons. The lowest BCUT2D eigenvalue weighted by molar-refractivity contribution is -0.117. The first-order chi connectivity index (χ1) is 9.31. The zero-order chi connectivity index (χ0) is 15.0. The molecule has 0 fully saturated rings. The number of hydrogen-bond donors (Lipinski definition) is 3. The first-order valence-electron chi connectivity index (χ1n) is 5.60. The van der Waals surface area contributed by atoms with Crippen molar-refractivity contribution >= 4 is 45.1 Å². The van der Waals surface area contributed by atoms with Crippen LogP contribution >= 0.6 is 23.1 Å². The predicted octanol–water partition coefficient (Wildman–Crippen LogP) is 0.358. The topological polar surface area (TPSA) is 132 Å². The molecule has 0 aliphatic rings. The normalized spacial score (nSPS) is 12.5. The molecule has 20 heavy (non-hydrogen) atoms. The van der Waals surface area contributed by atoms with E-state index in [1.54, 1.807) is 13.8 Å². The summed E-state index contributed by atoms with van der Waals surface area (Å²) in [5.41, 5.74) is 10.6. The van der Waals surface area contributed by atoms with Crippen molar-refractivity contribution in [2.45, 2.75) is 24.3 Å². The van der Waals surface area contributed by atoms with Crippen LogP contribution in [0.5, 0.6) is 0 Å². The molecule has 5 N–H and O–H groups in total. The second-order valence-corrected chi connectivity index (χ2v) is 6.46. The largest absolute Gasteiger partial charge is 0.369 e. The van der Waals surface area contributed by atoms with Gasteiger partial charge in [0.25, 0.3) is 11.5 Å². The Morgan fingerprint density at radius 3 is 2.60 bits per heavy atom. The van der Waals surface area contributed by atoms with E-state index >= 15 is 0 Å². The summed E-state index contributed by atoms with van der Waals surface area (Å²) in [4.78, 5) is 41.9. The minimum absolute atomic E-state index is 0.283. The fraction of sp³-hybridized carbons (Fsp3) is 0.273. The van der Waals surface area contributed by atoms with Crippen LogP contribution in [0.3, 0.4) is 0 Å². The molecule has 2 rings (SSSR count). The summed E-state index contributed by atoms with van der Waals surface area (Å²) >= 11 is 2.11. The van der Waals surface area contributed by atoms with Crippen LogP contribution in [0.15, 0.2) is 9.95 Å². The molecule has 2 amide bonds. The van der Waals surface area contributed by atoms with Crippen molar-refractivity contribution in [3.8, 4) is 0 Å². The predicted molar refractivity (Wildman–Crippen MR) is 78.0 cm³/mol. The van der Waals surface area contributed by atoms with Gasteiger partial charge in [0, 0.05) is 0 Å². The number of carbonyl (C=O) groups excluding carboxylic acids is 2. The van der Waals surface area contributed by atoms with Gasteiger partial charge in [0.2, 0.25) is 5.91 Å². The molecule has 1 unspecified atom stereocenters. The van der Waals surface area contributed by atoms with Gasteiger partial charge in [-0.2, -0.15) is 0 Å². The van der Waals surface area contributed by atoms with Crippen LogP contribution in [0.4, 0.5) is 0 Å². The lowest BCUT2D eigenvalue weighted by atomic mass is 10.2. The molecule has 2 aromatic rings. The number of nitrogens with zero attached hydrogens (tertiary/aromatic N) is 1. The quantitative estimate of drug-likeness (QED) is 0.554. The average molecular weight is 312 g/mol. The Balaban J connectivity index is 2.56. The summed E-state index contributed by atoms with van der Waals surface area (Å²) in [7, 11) is 0. The Labute approximate surface area is 121 Å². The van der Waals surface area contributed by atoms with Gasteiger partial charge in [-0.3, -0.25) is 14.4 Å². The number of thioether (sulfide) groups is 1. The van der Waals surface area contributed by atoms with Gasteiger partial charge >= 0.3 is 0 Å². The van der Waals surface area contributed by atoms with Crippen molar-refractivity contribution in [2.24, 2.45) is 11.5 Å². The number of thiophene rings is 1. The number of fused-ring (bicyclic) bond motifs is 1. The molecule has 7 nitrogen and oxygen atoms in total. The number of nitrogens with two attached hydrogens (primary N) is 2. The van der Waals surface area contributed by atoms with Crippen molar-refractivity contribution in [2.75, 3.05) is 0 Å². The lowest BCUT2D eigenvalue weighted by Gasteiger charge is -2.05. The molecule has 0 aliphatic carbocycles. The first-order valence-corrected chi connectivity index (χ1v) is 7.30. The second kappa shape index (κ2) is 5.25. The summed E-state index contributed by atoms with van der Waals surface area (Å²) in [6.45, 7) is 3.26. The van der Waals surface area contributed by atoms with E-state index in [9.17, 15) is 14.4 Å². The third kappa shape index (κ3) is 2.54. The molecule has 2 heterocycles. The lowest BCUT2D eigenvalue weighted by Crippen LogP contribution is -2.23. The Morgan fingerprint density at radius 1 is 1.40 bits per heavy atom. The molecule has 0 bridgehead atoms. The zero-order valence-corrected chi connectivity index (χ0v) is 12.4. The second-order valence-electron chi connectivity index (χ2n) is 4.13. The van der Waals surface area contributed by atoms with Gasteiger partial charge in [0.05, 0.1) is 15.5 Å². The highest BCUT2D eigenvalue weighted by Gasteiger charge is 2.19. The Hall–Kier alpha value is -1.87. The van der Waals surface area contributed by atoms with E-state index in [-0.39, 0.29) is 10.7 Å². The molecule has 0 aliphatic heterocycles. The molecule has 0 saturated heterocycles. The van der Waals surface area contributed by atoms with Crippen molar-refractivity contribution in [3.05, 3.63) is 20.8 Å². The summed E-state index contributed by atoms with van der Waals surface area (Å²) in [6.07, 6.45) is 0. The minimum Gasteiger partial charge on any atom is -0.369 e. The Morgan fingerprint density at radius 2 is 2.05 bits per heavy atom. The number of primary amides is 2. The van der Waals surface area contributed by atoms with Crippen LogP contribution in [0.25, 0.3) is 10.2 Å². The summed E-state index contributed by atoms with van der Waals surface area (Å²) in [5.74, 6) is -1.09. The number of nitrogens with one attached hydrogen (secondary N) is 1. The summed E-state index contributed by atoms with van der Waals surface area (Å²) < 4.78 is 0. The fourth-order valence-corrected chi connectivity index (χ4v) is 3.48. The van der Waals surface area contributed by atoms with Gasteiger partial charge in [0.1, 0.15) is 4.83 Å². The van der Waals surface area contributed by atoms with Crippen LogP contribution in [0.1, 0.15) is 22.2 Å². The van der Waals surface area contributed by atoms with Gasteiger partial charge < -0.3 is 16.5 Å². The molecular formula is C11H12N4O3S2. The number of hydrogen-bond acceptors (Lipinski definition) is 6. The van der Waals surface area contributed by atoms with Gasteiger partial charge in [-0.05, 0) is 19.4 Å². The van der Waals surface area contributed by atoms with Crippen molar-refractivity contribution < 1.29 is 9.59 Å². The van der Waals surface area contributed by atoms with Crippen LogP contribution in [0, 0.1) is 6.92 Å². The van der Waals surface area contributed by atoms with E-state index in [0.717, 1.165) is 23.1 Å². The highest BCUT2D eigenvalue weighted by Crippen LogP contribution is 2.28. The molecule has 106 valence electrons. The molecule has 9 heteroatoms. The molecular weight excluding hydrogens is 300 g/mol. The van der Waals surface area contributed by atoms with Crippen LogP contribution in [-0.4, -0.2) is 27.0 Å². The van der Waals surface area contributed by atoms with E-state index in [4.69, 9.17) is 11.5 Å². The van der Waals surface area contributed by atoms with E-state index in [1.165, 1.54) is 0 Å². The Kier molecular flexibility index (Phi) is 3.82. The molecule has 2 aromatic heterocycles. The highest BCUT2D eigenvalue weighted by atomic mass is 32.2. The first kappa shape index (κ1) is 14.5. The van der Waals surface area contributed by atoms with Crippen LogP contribution in [0.2, 0.25) is 0 Å². The SMILES string of the molecule is Cc1c(C(N)=O)sc2nc(SC(C)C(N)=O)[nH]c(=O)c12. The Bertz CT molecular complexity index is 765. The molecule has 0 saturated carbocycles. The number of rotatable bonds is 4. The van der Waals surface area contributed by atoms with Crippen LogP contribution < -0.4 is 17.0 Å². The number of H-pyrrole nitrogens is 1. The van der Waals surface area contributed by atoms with Gasteiger partial charge in [-0.25, -0.2) is 4.98 Å². The van der Waals surface area contributed by atoms with Crippen molar-refractivity contribution in [1.29, 1.82) is 0 Å². The molecule has 0 spiro atoms. The standard InChI is InChI=1S/C11H12N4O3S2/c1-3-5-9(18)14-11(19-4(2)7(12)16)15-10(5)20-6(3)8(13)17/h4H,1-2H3,(H2,12,16)(H2,13,17)(H,14,15,18). The van der Waals surface area contributed by atoms with Gasteiger partial charge in [-0.1, -0.05) is 11.8 Å². The van der Waals surface area contributed by atoms with Gasteiger partial charge in [0.15, 0.2) is 5.16 Å². The van der Waals surface area contributed by atoms with Crippen LogP contribution in [-0.2, 0) is 4.79 Å². The maximum atomic E-state index is 12.0. The minimum atomic E-state index is -0.593. The fourth-order valence-electron chi connectivity index (χ4n) is 1.64. The summed E-state index contributed by atoms with van der Waals surface area (Å²) in [5, 5.41) is 0.109. The maximum absolute atomic E-state index is 12.0. The van der Waals surface area contributed by atoms with E-state index in [2.05, 4.69) is 9.97 Å². The maximum Gasteiger partial charge on any atom is 0.260 e. The summed E-state index contributed by atoms with van der Waals surface area (Å²) in [6, 6.07) is 0. The number of amides is 2. The number of aryl methyl sites for hydroxylation is 1. The number of aromatic nitrogens is 2. The van der Waals surface area contributed by atoms with E-state index in [0.29, 0.717) is 20.7 Å². The molecule has 1 atom stereocenters.